The molecule has 0 spiro atoms. The van der Waals surface area contributed by atoms with Crippen LogP contribution in [0.2, 0.25) is 5.02 Å². The van der Waals surface area contributed by atoms with E-state index in [0.29, 0.717) is 12.3 Å². The lowest BCUT2D eigenvalue weighted by atomic mass is 10.1. The Morgan fingerprint density at radius 1 is 1.60 bits per heavy atom. The number of rotatable bonds is 5. The van der Waals surface area contributed by atoms with Crippen molar-refractivity contribution in [2.24, 2.45) is 5.92 Å². The number of benzene rings is 1. The van der Waals surface area contributed by atoms with E-state index >= 15 is 0 Å². The van der Waals surface area contributed by atoms with Crippen LogP contribution >= 0.6 is 11.6 Å². The first-order chi connectivity index (χ1) is 9.38. The van der Waals surface area contributed by atoms with Gasteiger partial charge in [-0.05, 0) is 43.7 Å². The van der Waals surface area contributed by atoms with Gasteiger partial charge in [-0.25, -0.2) is 9.18 Å². The molecule has 110 valence electrons. The first-order valence-electron chi connectivity index (χ1n) is 6.51. The van der Waals surface area contributed by atoms with Crippen molar-refractivity contribution < 1.29 is 19.0 Å². The zero-order valence-corrected chi connectivity index (χ0v) is 12.1. The molecule has 0 bridgehead atoms. The quantitative estimate of drug-likeness (QED) is 0.873. The van der Waals surface area contributed by atoms with Crippen LogP contribution in [0, 0.1) is 11.7 Å². The molecule has 2 atom stereocenters. The smallest absolute Gasteiger partial charge is 0.404 e. The van der Waals surface area contributed by atoms with E-state index in [1.165, 1.54) is 6.07 Å². The van der Waals surface area contributed by atoms with Crippen LogP contribution < -0.4 is 10.1 Å². The summed E-state index contributed by atoms with van der Waals surface area (Å²) in [7, 11) is 0. The molecule has 1 aromatic rings. The van der Waals surface area contributed by atoms with Gasteiger partial charge < -0.3 is 15.2 Å². The van der Waals surface area contributed by atoms with Crippen LogP contribution in [0.1, 0.15) is 31.7 Å². The number of carbonyl (C=O) groups is 1. The van der Waals surface area contributed by atoms with Crippen molar-refractivity contribution in [3.63, 3.8) is 0 Å². The molecule has 0 radical (unpaired) electrons. The van der Waals surface area contributed by atoms with Crippen LogP contribution in [0.25, 0.3) is 0 Å². The van der Waals surface area contributed by atoms with E-state index in [4.69, 9.17) is 21.4 Å². The van der Waals surface area contributed by atoms with Crippen LogP contribution in [0.5, 0.6) is 5.75 Å². The number of carboxylic acid groups (broad SMARTS) is 1. The monoisotopic (exact) mass is 301 g/mol. The van der Waals surface area contributed by atoms with Crippen LogP contribution in [0.15, 0.2) is 12.1 Å². The normalized spacial score (nSPS) is 20.9. The fraction of sp³-hybridized carbons (Fsp3) is 0.500. The van der Waals surface area contributed by atoms with E-state index in [1.807, 2.05) is 13.8 Å². The predicted molar refractivity (Wildman–Crippen MR) is 74.0 cm³/mol. The van der Waals surface area contributed by atoms with Gasteiger partial charge in [0.15, 0.2) is 0 Å². The second-order valence-corrected chi connectivity index (χ2v) is 5.67. The fourth-order valence-electron chi connectivity index (χ4n) is 2.26. The first kappa shape index (κ1) is 14.9. The molecule has 2 unspecified atom stereocenters. The van der Waals surface area contributed by atoms with Crippen LogP contribution in [0.4, 0.5) is 9.18 Å². The van der Waals surface area contributed by atoms with Gasteiger partial charge in [-0.3, -0.25) is 0 Å². The highest BCUT2D eigenvalue weighted by Gasteiger charge is 2.40. The van der Waals surface area contributed by atoms with Gasteiger partial charge >= 0.3 is 6.09 Å². The van der Waals surface area contributed by atoms with Gasteiger partial charge in [0, 0.05) is 12.6 Å². The molecule has 4 nitrogen and oxygen atoms in total. The summed E-state index contributed by atoms with van der Waals surface area (Å²) in [6.07, 6.45) is -0.258. The number of ether oxygens (including phenoxy) is 1. The Bertz CT molecular complexity index is 521. The maximum absolute atomic E-state index is 13.5. The zero-order valence-electron chi connectivity index (χ0n) is 11.3. The first-order valence-corrected chi connectivity index (χ1v) is 6.88. The number of hydrogen-bond acceptors (Lipinski definition) is 2. The van der Waals surface area contributed by atoms with E-state index in [2.05, 4.69) is 5.32 Å². The third-order valence-electron chi connectivity index (χ3n) is 3.25. The van der Waals surface area contributed by atoms with Gasteiger partial charge in [0.2, 0.25) is 0 Å². The summed E-state index contributed by atoms with van der Waals surface area (Å²) in [4.78, 5) is 10.5. The van der Waals surface area contributed by atoms with Crippen molar-refractivity contribution in [2.45, 2.75) is 32.3 Å². The number of nitrogens with one attached hydrogen (secondary N) is 1. The van der Waals surface area contributed by atoms with Gasteiger partial charge in [-0.2, -0.15) is 0 Å². The summed E-state index contributed by atoms with van der Waals surface area (Å²) < 4.78 is 19.2. The summed E-state index contributed by atoms with van der Waals surface area (Å²) in [6.45, 7) is 4.12. The van der Waals surface area contributed by atoms with Crippen LogP contribution in [0.3, 0.4) is 0 Å². The van der Waals surface area contributed by atoms with Gasteiger partial charge in [0.1, 0.15) is 11.6 Å². The highest BCUT2D eigenvalue weighted by Crippen LogP contribution is 2.51. The molecule has 1 aromatic carbocycles. The van der Waals surface area contributed by atoms with E-state index < -0.39 is 11.9 Å². The van der Waals surface area contributed by atoms with Crippen molar-refractivity contribution in [1.29, 1.82) is 0 Å². The molecule has 1 aliphatic carbocycles. The topological polar surface area (TPSA) is 58.6 Å². The highest BCUT2D eigenvalue weighted by atomic mass is 35.5. The minimum absolute atomic E-state index is 0.0629. The molecule has 0 aliphatic heterocycles. The van der Waals surface area contributed by atoms with Crippen molar-refractivity contribution in [2.75, 3.05) is 6.54 Å². The molecule has 1 fully saturated rings. The molecule has 20 heavy (non-hydrogen) atoms. The molecule has 0 aromatic heterocycles. The lowest BCUT2D eigenvalue weighted by Crippen LogP contribution is -2.23. The Balaban J connectivity index is 2.15. The van der Waals surface area contributed by atoms with Crippen molar-refractivity contribution in [3.8, 4) is 5.75 Å². The molecule has 1 saturated carbocycles. The minimum Gasteiger partial charge on any atom is -0.491 e. The second-order valence-electron chi connectivity index (χ2n) is 5.26. The molecule has 0 saturated heterocycles. The second kappa shape index (κ2) is 5.87. The Morgan fingerprint density at radius 2 is 2.30 bits per heavy atom. The standard InChI is InChI=1S/C14H17ClFNO3/c1-7(2)20-13-5-12(16)11(15)4-10(13)9-3-8(9)6-17-14(18)19/h4-5,7-9,17H,3,6H2,1-2H3,(H,18,19). The summed E-state index contributed by atoms with van der Waals surface area (Å²) in [6, 6.07) is 2.89. The highest BCUT2D eigenvalue weighted by molar-refractivity contribution is 6.30. The SMILES string of the molecule is CC(C)Oc1cc(F)c(Cl)cc1C1CC1CNC(=O)O. The molecule has 1 aliphatic rings. The maximum Gasteiger partial charge on any atom is 0.404 e. The molecular weight excluding hydrogens is 285 g/mol. The Morgan fingerprint density at radius 3 is 2.90 bits per heavy atom. The van der Waals surface area contributed by atoms with E-state index in [9.17, 15) is 9.18 Å². The van der Waals surface area contributed by atoms with Crippen molar-refractivity contribution in [1.82, 2.24) is 5.32 Å². The van der Waals surface area contributed by atoms with Gasteiger partial charge in [-0.15, -0.1) is 0 Å². The Kier molecular flexibility index (Phi) is 4.38. The molecule has 6 heteroatoms. The van der Waals surface area contributed by atoms with E-state index in [0.717, 1.165) is 12.0 Å². The summed E-state index contributed by atoms with van der Waals surface area (Å²) in [5.74, 6) is 0.354. The molecule has 2 N–H and O–H groups in total. The van der Waals surface area contributed by atoms with Crippen molar-refractivity contribution >= 4 is 17.7 Å². The zero-order chi connectivity index (χ0) is 14.9. The third kappa shape index (κ3) is 3.54. The average Bonchev–Trinajstić information content (AvgIpc) is 3.09. The predicted octanol–water partition coefficient (Wildman–Crippen LogP) is 3.64. The average molecular weight is 302 g/mol. The minimum atomic E-state index is -1.04. The van der Waals surface area contributed by atoms with Gasteiger partial charge in [0.05, 0.1) is 11.1 Å². The van der Waals surface area contributed by atoms with E-state index in [1.54, 1.807) is 6.07 Å². The molecule has 0 heterocycles. The van der Waals surface area contributed by atoms with Crippen molar-refractivity contribution in [3.05, 3.63) is 28.5 Å². The lowest BCUT2D eigenvalue weighted by molar-refractivity contribution is 0.194. The molecule has 1 amide bonds. The Hall–Kier alpha value is -1.49. The fourth-order valence-corrected chi connectivity index (χ4v) is 2.43. The molecule has 2 rings (SSSR count). The van der Waals surface area contributed by atoms with Gasteiger partial charge in [-0.1, -0.05) is 11.6 Å². The van der Waals surface area contributed by atoms with Gasteiger partial charge in [0.25, 0.3) is 0 Å². The summed E-state index contributed by atoms with van der Waals surface area (Å²) in [5, 5.41) is 11.0. The number of halogens is 2. The summed E-state index contributed by atoms with van der Waals surface area (Å²) in [5.41, 5.74) is 0.849. The maximum atomic E-state index is 13.5. The molecular formula is C14H17ClFNO3. The Labute approximate surface area is 121 Å². The third-order valence-corrected chi connectivity index (χ3v) is 3.54. The summed E-state index contributed by atoms with van der Waals surface area (Å²) >= 11 is 5.83. The number of amides is 1. The van der Waals surface area contributed by atoms with Crippen LogP contribution in [-0.2, 0) is 0 Å². The largest absolute Gasteiger partial charge is 0.491 e. The van der Waals surface area contributed by atoms with Crippen LogP contribution in [-0.4, -0.2) is 23.8 Å². The number of hydrogen-bond donors (Lipinski definition) is 2. The van der Waals surface area contributed by atoms with E-state index in [-0.39, 0.29) is 23.0 Å². The lowest BCUT2D eigenvalue weighted by Gasteiger charge is -2.15.